The number of carbonyl (C=O) groups excluding carboxylic acids is 2. The molecular weight excluding hydrogens is 458 g/mol. The molecule has 1 aliphatic rings. The topological polar surface area (TPSA) is 123 Å². The molecule has 9 nitrogen and oxygen atoms in total. The van der Waals surface area contributed by atoms with Gasteiger partial charge in [-0.05, 0) is 47.9 Å². The van der Waals surface area contributed by atoms with Gasteiger partial charge < -0.3 is 9.47 Å². The number of hydrogen-bond acceptors (Lipinski definition) is 6. The highest BCUT2D eigenvalue weighted by atomic mass is 32.2. The van der Waals surface area contributed by atoms with Crippen LogP contribution >= 0.6 is 0 Å². The Morgan fingerprint density at radius 1 is 0.824 bits per heavy atom. The highest BCUT2D eigenvalue weighted by Gasteiger charge is 2.17. The van der Waals surface area contributed by atoms with Gasteiger partial charge in [0.1, 0.15) is 0 Å². The number of hydrogen-bond donors (Lipinski definition) is 3. The molecule has 1 aliphatic heterocycles. The Kier molecular flexibility index (Phi) is 7.09. The average Bonchev–Trinajstić information content (AvgIpc) is 3.33. The molecule has 1 heterocycles. The first-order chi connectivity index (χ1) is 16.4. The second-order valence-electron chi connectivity index (χ2n) is 7.53. The first-order valence-electron chi connectivity index (χ1n) is 10.5. The molecule has 0 aromatic heterocycles. The van der Waals surface area contributed by atoms with Crippen molar-refractivity contribution in [2.75, 3.05) is 6.79 Å². The molecule has 2 amide bonds. The molecule has 0 bridgehead atoms. The van der Waals surface area contributed by atoms with Gasteiger partial charge in [-0.15, -0.1) is 0 Å². The van der Waals surface area contributed by atoms with E-state index in [2.05, 4.69) is 15.6 Å². The predicted molar refractivity (Wildman–Crippen MR) is 123 cm³/mol. The van der Waals surface area contributed by atoms with Crippen LogP contribution in [0, 0.1) is 0 Å². The van der Waals surface area contributed by atoms with E-state index in [9.17, 15) is 18.0 Å². The minimum absolute atomic E-state index is 0.0507. The van der Waals surface area contributed by atoms with Crippen molar-refractivity contribution in [2.45, 2.75) is 24.3 Å². The Balaban J connectivity index is 1.29. The van der Waals surface area contributed by atoms with Gasteiger partial charge in [-0.2, -0.15) is 0 Å². The van der Waals surface area contributed by atoms with Gasteiger partial charge in [0.15, 0.2) is 11.5 Å². The van der Waals surface area contributed by atoms with Crippen molar-refractivity contribution in [3.8, 4) is 11.5 Å². The van der Waals surface area contributed by atoms with Crippen LogP contribution in [0.2, 0.25) is 0 Å². The molecule has 3 aromatic carbocycles. The lowest BCUT2D eigenvalue weighted by molar-refractivity contribution is -0.121. The number of benzene rings is 3. The van der Waals surface area contributed by atoms with E-state index in [0.717, 1.165) is 11.1 Å². The molecule has 0 aliphatic carbocycles. The molecule has 34 heavy (non-hydrogen) atoms. The number of hydrazine groups is 1. The first-order valence-corrected chi connectivity index (χ1v) is 12.0. The third-order valence-corrected chi connectivity index (χ3v) is 6.51. The molecule has 0 radical (unpaired) electrons. The summed E-state index contributed by atoms with van der Waals surface area (Å²) in [5.74, 6) is 0.287. The van der Waals surface area contributed by atoms with E-state index in [4.69, 9.17) is 9.47 Å². The molecular formula is C24H23N3O6S. The van der Waals surface area contributed by atoms with Crippen LogP contribution in [-0.4, -0.2) is 27.0 Å². The molecule has 0 atom stereocenters. The number of ether oxygens (including phenoxy) is 2. The Morgan fingerprint density at radius 2 is 1.62 bits per heavy atom. The largest absolute Gasteiger partial charge is 0.454 e. The number of sulfonamides is 1. The Morgan fingerprint density at radius 3 is 2.44 bits per heavy atom. The Hall–Kier alpha value is -3.89. The molecule has 3 N–H and O–H groups in total. The number of carbonyl (C=O) groups is 2. The van der Waals surface area contributed by atoms with Crippen LogP contribution in [0.15, 0.2) is 77.7 Å². The molecule has 0 unspecified atom stereocenters. The molecule has 4 rings (SSSR count). The molecule has 0 saturated heterocycles. The first kappa shape index (κ1) is 23.3. The van der Waals surface area contributed by atoms with E-state index < -0.39 is 15.9 Å². The van der Waals surface area contributed by atoms with Gasteiger partial charge in [-0.1, -0.05) is 42.5 Å². The SMILES string of the molecule is O=C(CCc1ccc2c(c1)OCO2)NNC(=O)c1cccc(S(=O)(=O)NCc2ccccc2)c1. The number of rotatable bonds is 8. The van der Waals surface area contributed by atoms with Gasteiger partial charge in [0.05, 0.1) is 4.90 Å². The summed E-state index contributed by atoms with van der Waals surface area (Å²) in [5, 5.41) is 0. The second kappa shape index (κ2) is 10.4. The number of fused-ring (bicyclic) bond motifs is 1. The zero-order valence-electron chi connectivity index (χ0n) is 18.1. The van der Waals surface area contributed by atoms with Crippen LogP contribution in [0.25, 0.3) is 0 Å². The monoisotopic (exact) mass is 481 g/mol. The normalized spacial score (nSPS) is 12.2. The van der Waals surface area contributed by atoms with Crippen molar-refractivity contribution in [2.24, 2.45) is 0 Å². The molecule has 3 aromatic rings. The van der Waals surface area contributed by atoms with Crippen LogP contribution < -0.4 is 25.0 Å². The quantitative estimate of drug-likeness (QED) is 0.424. The van der Waals surface area contributed by atoms with Gasteiger partial charge in [0, 0.05) is 18.5 Å². The summed E-state index contributed by atoms with van der Waals surface area (Å²) in [6.07, 6.45) is 0.580. The third-order valence-electron chi connectivity index (χ3n) is 5.11. The van der Waals surface area contributed by atoms with E-state index in [0.29, 0.717) is 17.9 Å². The molecule has 0 spiro atoms. The maximum atomic E-state index is 12.6. The zero-order valence-corrected chi connectivity index (χ0v) is 18.9. The van der Waals surface area contributed by atoms with E-state index in [1.165, 1.54) is 24.3 Å². The summed E-state index contributed by atoms with van der Waals surface area (Å²) in [7, 11) is -3.83. The minimum Gasteiger partial charge on any atom is -0.454 e. The van der Waals surface area contributed by atoms with Gasteiger partial charge in [-0.25, -0.2) is 13.1 Å². The zero-order chi connectivity index (χ0) is 24.0. The lowest BCUT2D eigenvalue weighted by atomic mass is 10.1. The van der Waals surface area contributed by atoms with Crippen LogP contribution in [0.4, 0.5) is 0 Å². The van der Waals surface area contributed by atoms with Gasteiger partial charge >= 0.3 is 0 Å². The van der Waals surface area contributed by atoms with Crippen LogP contribution in [0.3, 0.4) is 0 Å². The van der Waals surface area contributed by atoms with E-state index in [1.54, 1.807) is 6.07 Å². The number of nitrogens with one attached hydrogen (secondary N) is 3. The maximum absolute atomic E-state index is 12.6. The van der Waals surface area contributed by atoms with Gasteiger partial charge in [0.25, 0.3) is 5.91 Å². The highest BCUT2D eigenvalue weighted by molar-refractivity contribution is 7.89. The second-order valence-corrected chi connectivity index (χ2v) is 9.29. The van der Waals surface area contributed by atoms with Crippen molar-refractivity contribution in [3.05, 3.63) is 89.5 Å². The number of aryl methyl sites for hydroxylation is 1. The van der Waals surface area contributed by atoms with Crippen molar-refractivity contribution in [1.29, 1.82) is 0 Å². The van der Waals surface area contributed by atoms with Gasteiger partial charge in [0.2, 0.25) is 22.7 Å². The summed E-state index contributed by atoms with van der Waals surface area (Å²) in [5.41, 5.74) is 6.46. The standard InChI is InChI=1S/C24H23N3O6S/c28-23(12-10-17-9-11-21-22(13-17)33-16-32-21)26-27-24(29)19-7-4-8-20(14-19)34(30,31)25-15-18-5-2-1-3-6-18/h1-9,11,13-14,25H,10,12,15-16H2,(H,26,28)(H,27,29). The minimum atomic E-state index is -3.83. The summed E-state index contributed by atoms with van der Waals surface area (Å²) < 4.78 is 38.3. The summed E-state index contributed by atoms with van der Waals surface area (Å²) >= 11 is 0. The van der Waals surface area contributed by atoms with Crippen LogP contribution in [0.1, 0.15) is 27.9 Å². The molecule has 0 fully saturated rings. The van der Waals surface area contributed by atoms with E-state index in [1.807, 2.05) is 42.5 Å². The molecule has 176 valence electrons. The fourth-order valence-corrected chi connectivity index (χ4v) is 4.34. The smallest absolute Gasteiger partial charge is 0.269 e. The Bertz CT molecular complexity index is 1300. The third kappa shape index (κ3) is 5.91. The van der Waals surface area contributed by atoms with Crippen LogP contribution in [-0.2, 0) is 27.8 Å². The van der Waals surface area contributed by atoms with E-state index >= 15 is 0 Å². The fourth-order valence-electron chi connectivity index (χ4n) is 3.28. The Labute approximate surface area is 197 Å². The fraction of sp³-hybridized carbons (Fsp3) is 0.167. The van der Waals surface area contributed by atoms with Crippen LogP contribution in [0.5, 0.6) is 11.5 Å². The lowest BCUT2D eigenvalue weighted by Crippen LogP contribution is -2.41. The molecule has 0 saturated carbocycles. The summed E-state index contributed by atoms with van der Waals surface area (Å²) in [6.45, 7) is 0.302. The lowest BCUT2D eigenvalue weighted by Gasteiger charge is -2.10. The van der Waals surface area contributed by atoms with Crippen molar-refractivity contribution < 1.29 is 27.5 Å². The summed E-state index contributed by atoms with van der Waals surface area (Å²) in [4.78, 5) is 24.5. The van der Waals surface area contributed by atoms with Crippen molar-refractivity contribution >= 4 is 21.8 Å². The van der Waals surface area contributed by atoms with E-state index in [-0.39, 0.29) is 36.1 Å². The highest BCUT2D eigenvalue weighted by Crippen LogP contribution is 2.32. The van der Waals surface area contributed by atoms with Crippen molar-refractivity contribution in [3.63, 3.8) is 0 Å². The molecule has 10 heteroatoms. The summed E-state index contributed by atoms with van der Waals surface area (Å²) in [6, 6.07) is 20.1. The average molecular weight is 482 g/mol. The number of amides is 2. The maximum Gasteiger partial charge on any atom is 0.269 e. The van der Waals surface area contributed by atoms with Gasteiger partial charge in [-0.3, -0.25) is 20.4 Å². The predicted octanol–water partition coefficient (Wildman–Crippen LogP) is 2.29. The van der Waals surface area contributed by atoms with Crippen molar-refractivity contribution in [1.82, 2.24) is 15.6 Å².